The van der Waals surface area contributed by atoms with Crippen molar-refractivity contribution in [2.75, 3.05) is 12.3 Å². The van der Waals surface area contributed by atoms with Crippen molar-refractivity contribution in [3.05, 3.63) is 36.2 Å². The molecule has 106 valence electrons. The smallest absolute Gasteiger partial charge is 0.249 e. The zero-order valence-electron chi connectivity index (χ0n) is 11.2. The van der Waals surface area contributed by atoms with Crippen LogP contribution in [0.15, 0.2) is 30.6 Å². The average molecular weight is 275 g/mol. The molecule has 0 saturated heterocycles. The second kappa shape index (κ2) is 6.72. The van der Waals surface area contributed by atoms with Gasteiger partial charge in [-0.15, -0.1) is 0 Å². The van der Waals surface area contributed by atoms with Gasteiger partial charge in [-0.3, -0.25) is 0 Å². The largest absolute Gasteiger partial charge is 0.476 e. The van der Waals surface area contributed by atoms with Crippen LogP contribution in [0.3, 0.4) is 0 Å². The second-order valence-electron chi connectivity index (χ2n) is 4.15. The lowest BCUT2D eigenvalue weighted by molar-refractivity contribution is 0.281. The Balaban J connectivity index is 2.15. The zero-order valence-corrected chi connectivity index (χ0v) is 11.2. The first-order chi connectivity index (χ1) is 9.74. The van der Waals surface area contributed by atoms with E-state index in [1.807, 2.05) is 6.92 Å². The Hall–Kier alpha value is -2.34. The molecule has 2 aromatic rings. The number of ether oxygens (including phenoxy) is 2. The molecule has 0 fully saturated rings. The summed E-state index contributed by atoms with van der Waals surface area (Å²) in [6, 6.07) is 7.00. The molecule has 0 aliphatic carbocycles. The van der Waals surface area contributed by atoms with Gasteiger partial charge in [0.15, 0.2) is 5.69 Å². The third-order valence-corrected chi connectivity index (χ3v) is 2.57. The lowest BCUT2D eigenvalue weighted by Crippen LogP contribution is -2.04. The number of benzene rings is 1. The fourth-order valence-electron chi connectivity index (χ4n) is 1.53. The summed E-state index contributed by atoms with van der Waals surface area (Å²) in [5.74, 6) is 1.15. The molecule has 0 atom stereocenters. The van der Waals surface area contributed by atoms with Gasteiger partial charge in [-0.1, -0.05) is 19.1 Å². The van der Waals surface area contributed by atoms with Gasteiger partial charge in [0.25, 0.3) is 0 Å². The number of anilines is 1. The molecule has 20 heavy (non-hydrogen) atoms. The topological polar surface area (TPSA) is 90.5 Å². The Bertz CT molecular complexity index is 558. The van der Waals surface area contributed by atoms with E-state index in [-0.39, 0.29) is 18.2 Å². The van der Waals surface area contributed by atoms with E-state index in [0.29, 0.717) is 18.2 Å². The summed E-state index contributed by atoms with van der Waals surface area (Å²) in [5.41, 5.74) is 6.99. The van der Waals surface area contributed by atoms with Crippen molar-refractivity contribution in [3.63, 3.8) is 0 Å². The number of nitrogens with zero attached hydrogens (tertiary/aromatic N) is 2. The summed E-state index contributed by atoms with van der Waals surface area (Å²) in [7, 11) is 0. The molecular weight excluding hydrogens is 258 g/mol. The molecule has 0 aliphatic heterocycles. The minimum Gasteiger partial charge on any atom is -0.476 e. The summed E-state index contributed by atoms with van der Waals surface area (Å²) in [5, 5.41) is 8.98. The first kappa shape index (κ1) is 14.1. The molecule has 0 aliphatic rings. The minimum absolute atomic E-state index is 0.00900. The van der Waals surface area contributed by atoms with Crippen LogP contribution in [-0.2, 0) is 6.61 Å². The Labute approximate surface area is 117 Å². The van der Waals surface area contributed by atoms with Crippen LogP contribution in [0.5, 0.6) is 17.5 Å². The van der Waals surface area contributed by atoms with Gasteiger partial charge < -0.3 is 20.3 Å². The average Bonchev–Trinajstić information content (AvgIpc) is 2.49. The molecule has 1 heterocycles. The normalized spacial score (nSPS) is 10.3. The standard InChI is InChI=1S/C14H17N3O3/c1-2-7-19-13-12(15)14(17-9-16-13)20-11-5-3-10(8-18)4-6-11/h3-6,9,18H,2,7-8,15H2,1H3. The van der Waals surface area contributed by atoms with Crippen molar-refractivity contribution >= 4 is 5.69 Å². The van der Waals surface area contributed by atoms with Gasteiger partial charge in [-0.2, -0.15) is 9.97 Å². The number of aliphatic hydroxyl groups excluding tert-OH is 1. The van der Waals surface area contributed by atoms with E-state index < -0.39 is 0 Å². The monoisotopic (exact) mass is 275 g/mol. The van der Waals surface area contributed by atoms with Gasteiger partial charge in [0.2, 0.25) is 11.8 Å². The van der Waals surface area contributed by atoms with Gasteiger partial charge in [0.05, 0.1) is 13.2 Å². The van der Waals surface area contributed by atoms with Crippen molar-refractivity contribution in [2.45, 2.75) is 20.0 Å². The van der Waals surface area contributed by atoms with Crippen LogP contribution in [0.4, 0.5) is 5.69 Å². The minimum atomic E-state index is -0.00900. The van der Waals surface area contributed by atoms with E-state index in [2.05, 4.69) is 9.97 Å². The van der Waals surface area contributed by atoms with Gasteiger partial charge >= 0.3 is 0 Å². The van der Waals surface area contributed by atoms with E-state index in [1.54, 1.807) is 24.3 Å². The predicted octanol–water partition coefficient (Wildman–Crippen LogP) is 2.13. The molecule has 6 nitrogen and oxygen atoms in total. The number of hydrogen-bond donors (Lipinski definition) is 2. The molecule has 3 N–H and O–H groups in total. The van der Waals surface area contributed by atoms with Crippen molar-refractivity contribution in [1.29, 1.82) is 0 Å². The third kappa shape index (κ3) is 3.36. The predicted molar refractivity (Wildman–Crippen MR) is 74.7 cm³/mol. The lowest BCUT2D eigenvalue weighted by Gasteiger charge is -2.10. The van der Waals surface area contributed by atoms with E-state index in [1.165, 1.54) is 6.33 Å². The number of nitrogens with two attached hydrogens (primary N) is 1. The fourth-order valence-corrected chi connectivity index (χ4v) is 1.53. The van der Waals surface area contributed by atoms with Crippen molar-refractivity contribution < 1.29 is 14.6 Å². The highest BCUT2D eigenvalue weighted by Gasteiger charge is 2.11. The van der Waals surface area contributed by atoms with Crippen LogP contribution in [0.1, 0.15) is 18.9 Å². The maximum absolute atomic E-state index is 8.98. The second-order valence-corrected chi connectivity index (χ2v) is 4.15. The summed E-state index contributed by atoms with van der Waals surface area (Å²) in [6.45, 7) is 2.52. The fraction of sp³-hybridized carbons (Fsp3) is 0.286. The Morgan fingerprint density at radius 2 is 1.85 bits per heavy atom. The highest BCUT2D eigenvalue weighted by atomic mass is 16.5. The number of aromatic nitrogens is 2. The van der Waals surface area contributed by atoms with Gasteiger partial charge in [-0.25, -0.2) is 0 Å². The number of rotatable bonds is 6. The Morgan fingerprint density at radius 1 is 1.15 bits per heavy atom. The molecule has 0 saturated carbocycles. The summed E-state index contributed by atoms with van der Waals surface area (Å²) in [6.07, 6.45) is 2.21. The van der Waals surface area contributed by atoms with Gasteiger partial charge in [-0.05, 0) is 24.1 Å². The van der Waals surface area contributed by atoms with Crippen LogP contribution in [0, 0.1) is 0 Å². The first-order valence-electron chi connectivity index (χ1n) is 6.35. The van der Waals surface area contributed by atoms with Crippen LogP contribution in [0.2, 0.25) is 0 Å². The molecular formula is C14H17N3O3. The molecule has 6 heteroatoms. The highest BCUT2D eigenvalue weighted by molar-refractivity contribution is 5.56. The molecule has 0 spiro atoms. The maximum atomic E-state index is 8.98. The zero-order chi connectivity index (χ0) is 14.4. The molecule has 0 radical (unpaired) electrons. The van der Waals surface area contributed by atoms with E-state index in [0.717, 1.165) is 12.0 Å². The number of hydrogen-bond acceptors (Lipinski definition) is 6. The summed E-state index contributed by atoms with van der Waals surface area (Å²) in [4.78, 5) is 7.97. The number of nitrogen functional groups attached to an aromatic ring is 1. The Morgan fingerprint density at radius 3 is 2.50 bits per heavy atom. The summed E-state index contributed by atoms with van der Waals surface area (Å²) >= 11 is 0. The van der Waals surface area contributed by atoms with E-state index >= 15 is 0 Å². The highest BCUT2D eigenvalue weighted by Crippen LogP contribution is 2.30. The third-order valence-electron chi connectivity index (χ3n) is 2.57. The molecule has 0 bridgehead atoms. The lowest BCUT2D eigenvalue weighted by atomic mass is 10.2. The first-order valence-corrected chi connectivity index (χ1v) is 6.35. The number of aliphatic hydroxyl groups is 1. The van der Waals surface area contributed by atoms with Crippen LogP contribution < -0.4 is 15.2 Å². The molecule has 1 aromatic carbocycles. The quantitative estimate of drug-likeness (QED) is 0.839. The van der Waals surface area contributed by atoms with Gasteiger partial charge in [0, 0.05) is 0 Å². The van der Waals surface area contributed by atoms with Crippen LogP contribution in [0.25, 0.3) is 0 Å². The van der Waals surface area contributed by atoms with Crippen molar-refractivity contribution in [2.24, 2.45) is 0 Å². The SMILES string of the molecule is CCCOc1ncnc(Oc2ccc(CO)cc2)c1N. The molecule has 1 aromatic heterocycles. The van der Waals surface area contributed by atoms with Gasteiger partial charge in [0.1, 0.15) is 12.1 Å². The van der Waals surface area contributed by atoms with E-state index in [9.17, 15) is 0 Å². The summed E-state index contributed by atoms with van der Waals surface area (Å²) < 4.78 is 11.0. The Kier molecular flexibility index (Phi) is 4.73. The molecule has 0 amide bonds. The maximum Gasteiger partial charge on any atom is 0.249 e. The van der Waals surface area contributed by atoms with Crippen molar-refractivity contribution in [3.8, 4) is 17.5 Å². The van der Waals surface area contributed by atoms with E-state index in [4.69, 9.17) is 20.3 Å². The van der Waals surface area contributed by atoms with Crippen molar-refractivity contribution in [1.82, 2.24) is 9.97 Å². The molecule has 0 unspecified atom stereocenters. The molecule has 2 rings (SSSR count). The van der Waals surface area contributed by atoms with Crippen LogP contribution >= 0.6 is 0 Å². The van der Waals surface area contributed by atoms with Crippen LogP contribution in [-0.4, -0.2) is 21.7 Å².